The van der Waals surface area contributed by atoms with Gasteiger partial charge in [0.1, 0.15) is 0 Å². The Hall–Kier alpha value is -0.710. The van der Waals surface area contributed by atoms with Gasteiger partial charge in [-0.15, -0.1) is 11.8 Å². The van der Waals surface area contributed by atoms with E-state index in [0.717, 1.165) is 22.1 Å². The van der Waals surface area contributed by atoms with Crippen molar-refractivity contribution in [1.29, 1.82) is 0 Å². The van der Waals surface area contributed by atoms with Crippen LogP contribution < -0.4 is 11.5 Å². The number of rotatable bonds is 6. The standard InChI is InChI=1S/C12H17ClN2OS/c1-12(15,11(14)16)7-2-8-17-10-5-3-9(13)4-6-10/h3-6H,2,7-8,15H2,1H3,(H2,14,16). The molecule has 0 radical (unpaired) electrons. The molecule has 0 aliphatic rings. The Bertz CT molecular complexity index is 379. The molecule has 0 fully saturated rings. The van der Waals surface area contributed by atoms with Gasteiger partial charge >= 0.3 is 0 Å². The van der Waals surface area contributed by atoms with E-state index in [4.69, 9.17) is 23.1 Å². The summed E-state index contributed by atoms with van der Waals surface area (Å²) >= 11 is 7.51. The third-order valence-corrected chi connectivity index (χ3v) is 3.84. The van der Waals surface area contributed by atoms with Crippen LogP contribution in [-0.2, 0) is 4.79 Å². The molecule has 1 aromatic carbocycles. The van der Waals surface area contributed by atoms with Crippen LogP contribution in [-0.4, -0.2) is 17.2 Å². The summed E-state index contributed by atoms with van der Waals surface area (Å²) in [4.78, 5) is 12.2. The Morgan fingerprint density at radius 2 is 2.00 bits per heavy atom. The van der Waals surface area contributed by atoms with Gasteiger partial charge in [-0.2, -0.15) is 0 Å². The van der Waals surface area contributed by atoms with Gasteiger partial charge in [-0.05, 0) is 49.8 Å². The summed E-state index contributed by atoms with van der Waals surface area (Å²) in [5, 5.41) is 0.734. The van der Waals surface area contributed by atoms with Crippen molar-refractivity contribution in [1.82, 2.24) is 0 Å². The maximum atomic E-state index is 11.0. The van der Waals surface area contributed by atoms with Crippen LogP contribution in [0.25, 0.3) is 0 Å². The second-order valence-electron chi connectivity index (χ2n) is 4.19. The molecule has 5 heteroatoms. The van der Waals surface area contributed by atoms with Gasteiger partial charge in [0.05, 0.1) is 5.54 Å². The predicted molar refractivity (Wildman–Crippen MR) is 73.2 cm³/mol. The van der Waals surface area contributed by atoms with E-state index in [1.807, 2.05) is 24.3 Å². The summed E-state index contributed by atoms with van der Waals surface area (Å²) in [6, 6.07) is 7.67. The Labute approximate surface area is 111 Å². The Balaban J connectivity index is 2.29. The van der Waals surface area contributed by atoms with Crippen molar-refractivity contribution < 1.29 is 4.79 Å². The van der Waals surface area contributed by atoms with E-state index in [2.05, 4.69) is 0 Å². The van der Waals surface area contributed by atoms with Gasteiger partial charge in [-0.3, -0.25) is 4.79 Å². The second-order valence-corrected chi connectivity index (χ2v) is 5.79. The number of primary amides is 1. The van der Waals surface area contributed by atoms with Crippen LogP contribution in [0.4, 0.5) is 0 Å². The van der Waals surface area contributed by atoms with Gasteiger partial charge in [0.25, 0.3) is 0 Å². The molecule has 0 aromatic heterocycles. The summed E-state index contributed by atoms with van der Waals surface area (Å²) in [5.41, 5.74) is 10.1. The summed E-state index contributed by atoms with van der Waals surface area (Å²) in [6.07, 6.45) is 1.45. The molecule has 0 heterocycles. The lowest BCUT2D eigenvalue weighted by Gasteiger charge is -2.19. The number of benzene rings is 1. The average Bonchev–Trinajstić information content (AvgIpc) is 2.26. The monoisotopic (exact) mass is 272 g/mol. The topological polar surface area (TPSA) is 69.1 Å². The number of carbonyl (C=O) groups excluding carboxylic acids is 1. The van der Waals surface area contributed by atoms with Crippen LogP contribution in [0.15, 0.2) is 29.2 Å². The molecule has 94 valence electrons. The highest BCUT2D eigenvalue weighted by Gasteiger charge is 2.24. The molecule has 17 heavy (non-hydrogen) atoms. The van der Waals surface area contributed by atoms with E-state index in [-0.39, 0.29) is 0 Å². The first kappa shape index (κ1) is 14.4. The zero-order chi connectivity index (χ0) is 12.9. The van der Waals surface area contributed by atoms with E-state index in [9.17, 15) is 4.79 Å². The van der Waals surface area contributed by atoms with Crippen LogP contribution in [0.5, 0.6) is 0 Å². The van der Waals surface area contributed by atoms with Crippen LogP contribution in [0.3, 0.4) is 0 Å². The van der Waals surface area contributed by atoms with E-state index >= 15 is 0 Å². The highest BCUT2D eigenvalue weighted by atomic mass is 35.5. The largest absolute Gasteiger partial charge is 0.368 e. The molecule has 3 nitrogen and oxygen atoms in total. The van der Waals surface area contributed by atoms with E-state index in [1.54, 1.807) is 18.7 Å². The van der Waals surface area contributed by atoms with E-state index in [0.29, 0.717) is 6.42 Å². The lowest BCUT2D eigenvalue weighted by Crippen LogP contribution is -2.49. The van der Waals surface area contributed by atoms with E-state index in [1.165, 1.54) is 0 Å². The Morgan fingerprint density at radius 1 is 1.41 bits per heavy atom. The molecule has 4 N–H and O–H groups in total. The van der Waals surface area contributed by atoms with Gasteiger partial charge < -0.3 is 11.5 Å². The molecule has 0 aliphatic heterocycles. The first-order valence-electron chi connectivity index (χ1n) is 5.39. The molecule has 1 aromatic rings. The minimum absolute atomic E-state index is 0.450. The van der Waals surface area contributed by atoms with Crippen molar-refractivity contribution in [2.45, 2.75) is 30.2 Å². The maximum absolute atomic E-state index is 11.0. The van der Waals surface area contributed by atoms with Crippen LogP contribution in [0.1, 0.15) is 19.8 Å². The number of amides is 1. The fourth-order valence-corrected chi connectivity index (χ4v) is 2.26. The maximum Gasteiger partial charge on any atom is 0.237 e. The molecular formula is C12H17ClN2OS. The minimum atomic E-state index is -0.902. The number of hydrogen-bond acceptors (Lipinski definition) is 3. The number of thioether (sulfide) groups is 1. The van der Waals surface area contributed by atoms with Crippen molar-refractivity contribution in [3.05, 3.63) is 29.3 Å². The summed E-state index contributed by atoms with van der Waals surface area (Å²) in [5.74, 6) is 0.454. The first-order valence-corrected chi connectivity index (χ1v) is 6.75. The predicted octanol–water partition coefficient (Wildman–Crippen LogP) is 2.42. The Morgan fingerprint density at radius 3 is 2.53 bits per heavy atom. The van der Waals surface area contributed by atoms with E-state index < -0.39 is 11.4 Å². The second kappa shape index (κ2) is 6.28. The molecule has 0 saturated heterocycles. The SMILES string of the molecule is CC(N)(CCCSc1ccc(Cl)cc1)C(N)=O. The summed E-state index contributed by atoms with van der Waals surface area (Å²) in [6.45, 7) is 1.67. The van der Waals surface area contributed by atoms with Crippen molar-refractivity contribution in [2.24, 2.45) is 11.5 Å². The molecule has 1 rings (SSSR count). The third-order valence-electron chi connectivity index (χ3n) is 2.49. The fourth-order valence-electron chi connectivity index (χ4n) is 1.28. The van der Waals surface area contributed by atoms with Crippen molar-refractivity contribution in [3.8, 4) is 0 Å². The Kier molecular flexibility index (Phi) is 5.31. The summed E-state index contributed by atoms with van der Waals surface area (Å²) in [7, 11) is 0. The normalized spacial score (nSPS) is 14.3. The zero-order valence-electron chi connectivity index (χ0n) is 9.78. The molecule has 0 spiro atoms. The van der Waals surface area contributed by atoms with Crippen molar-refractivity contribution in [3.63, 3.8) is 0 Å². The molecule has 1 amide bonds. The smallest absolute Gasteiger partial charge is 0.237 e. The highest BCUT2D eigenvalue weighted by molar-refractivity contribution is 7.99. The fraction of sp³-hybridized carbons (Fsp3) is 0.417. The van der Waals surface area contributed by atoms with Crippen LogP contribution >= 0.6 is 23.4 Å². The number of hydrogen-bond donors (Lipinski definition) is 2. The summed E-state index contributed by atoms with van der Waals surface area (Å²) < 4.78 is 0. The van der Waals surface area contributed by atoms with Gasteiger partial charge in [0.2, 0.25) is 5.91 Å². The molecule has 0 aliphatic carbocycles. The van der Waals surface area contributed by atoms with Crippen molar-refractivity contribution in [2.75, 3.05) is 5.75 Å². The first-order chi connectivity index (χ1) is 7.92. The highest BCUT2D eigenvalue weighted by Crippen LogP contribution is 2.22. The van der Waals surface area contributed by atoms with Gasteiger partial charge in [-0.25, -0.2) is 0 Å². The van der Waals surface area contributed by atoms with Crippen LogP contribution in [0.2, 0.25) is 5.02 Å². The third kappa shape index (κ3) is 4.98. The lowest BCUT2D eigenvalue weighted by molar-refractivity contribution is -0.122. The molecule has 1 unspecified atom stereocenters. The van der Waals surface area contributed by atoms with Gasteiger partial charge in [0.15, 0.2) is 0 Å². The zero-order valence-corrected chi connectivity index (χ0v) is 11.4. The lowest BCUT2D eigenvalue weighted by atomic mass is 9.97. The number of nitrogens with two attached hydrogens (primary N) is 2. The minimum Gasteiger partial charge on any atom is -0.368 e. The van der Waals surface area contributed by atoms with Gasteiger partial charge in [-0.1, -0.05) is 11.6 Å². The molecule has 1 atom stereocenters. The van der Waals surface area contributed by atoms with Gasteiger partial charge in [0, 0.05) is 9.92 Å². The molecule has 0 saturated carbocycles. The van der Waals surface area contributed by atoms with Crippen molar-refractivity contribution >= 4 is 29.3 Å². The molecule has 0 bridgehead atoms. The van der Waals surface area contributed by atoms with Crippen LogP contribution in [0, 0.1) is 0 Å². The quantitative estimate of drug-likeness (QED) is 0.617. The number of halogens is 1. The average molecular weight is 273 g/mol. The molecular weight excluding hydrogens is 256 g/mol. The number of carbonyl (C=O) groups is 1.